The lowest BCUT2D eigenvalue weighted by Crippen LogP contribution is -2.37. The first-order valence-corrected chi connectivity index (χ1v) is 9.83. The second-order valence-electron chi connectivity index (χ2n) is 5.07. The molecule has 2 rings (SSSR count). The van der Waals surface area contributed by atoms with Crippen LogP contribution in [0.15, 0.2) is 12.1 Å². The second kappa shape index (κ2) is 7.91. The van der Waals surface area contributed by atoms with Gasteiger partial charge in [-0.1, -0.05) is 12.8 Å². The van der Waals surface area contributed by atoms with Crippen LogP contribution in [0.3, 0.4) is 0 Å². The summed E-state index contributed by atoms with van der Waals surface area (Å²) < 4.78 is 3.15. The monoisotopic (exact) mass is 611 g/mol. The molecule has 1 fully saturated rings. The molecule has 6 heteroatoms. The number of hydrogen-bond donors (Lipinski definition) is 2. The minimum absolute atomic E-state index is 0.0383. The van der Waals surface area contributed by atoms with Gasteiger partial charge in [-0.25, -0.2) is 0 Å². The molecule has 0 heterocycles. The molecule has 0 aromatic heterocycles. The number of amides is 1. The Morgan fingerprint density at radius 1 is 1.25 bits per heavy atom. The summed E-state index contributed by atoms with van der Waals surface area (Å²) in [6.07, 6.45) is 3.84. The first-order valence-electron chi connectivity index (χ1n) is 6.60. The molecule has 1 saturated carbocycles. The van der Waals surface area contributed by atoms with Crippen molar-refractivity contribution in [2.75, 3.05) is 6.54 Å². The van der Waals surface area contributed by atoms with E-state index < -0.39 is 0 Å². The lowest BCUT2D eigenvalue weighted by Gasteiger charge is -2.27. The van der Waals surface area contributed by atoms with Gasteiger partial charge in [-0.3, -0.25) is 4.79 Å². The first-order chi connectivity index (χ1) is 9.49. The third-order valence-corrected chi connectivity index (χ3v) is 7.30. The summed E-state index contributed by atoms with van der Waals surface area (Å²) in [6.45, 7) is 0.568. The molecule has 0 saturated heterocycles. The molecule has 20 heavy (non-hydrogen) atoms. The number of rotatable bonds is 3. The van der Waals surface area contributed by atoms with Gasteiger partial charge in [0, 0.05) is 23.2 Å². The smallest absolute Gasteiger partial charge is 0.252 e. The van der Waals surface area contributed by atoms with Crippen molar-refractivity contribution in [3.63, 3.8) is 0 Å². The maximum atomic E-state index is 12.3. The van der Waals surface area contributed by atoms with Gasteiger partial charge in [-0.2, -0.15) is 0 Å². The maximum Gasteiger partial charge on any atom is 0.252 e. The zero-order valence-electron chi connectivity index (χ0n) is 10.8. The highest BCUT2D eigenvalue weighted by Crippen LogP contribution is 2.25. The van der Waals surface area contributed by atoms with E-state index in [2.05, 4.69) is 79.2 Å². The third kappa shape index (κ3) is 4.42. The normalized spacial score (nSPS) is 22.6. The molecule has 3 nitrogen and oxygen atoms in total. The molecular weight excluding hydrogens is 595 g/mol. The fourth-order valence-corrected chi connectivity index (χ4v) is 4.87. The van der Waals surface area contributed by atoms with Crippen LogP contribution >= 0.6 is 67.8 Å². The minimum Gasteiger partial charge on any atom is -0.393 e. The van der Waals surface area contributed by atoms with Gasteiger partial charge >= 0.3 is 0 Å². The average molecular weight is 611 g/mol. The molecule has 0 bridgehead atoms. The highest BCUT2D eigenvalue weighted by atomic mass is 127. The van der Waals surface area contributed by atoms with Gasteiger partial charge in [0.05, 0.1) is 11.7 Å². The van der Waals surface area contributed by atoms with Crippen molar-refractivity contribution in [2.45, 2.75) is 31.8 Å². The van der Waals surface area contributed by atoms with E-state index in [0.717, 1.165) is 42.0 Å². The number of benzene rings is 1. The Hall–Kier alpha value is 0.840. The van der Waals surface area contributed by atoms with Crippen molar-refractivity contribution in [2.24, 2.45) is 5.92 Å². The second-order valence-corrected chi connectivity index (χ2v) is 8.56. The van der Waals surface area contributed by atoms with Crippen molar-refractivity contribution in [1.82, 2.24) is 5.32 Å². The van der Waals surface area contributed by atoms with Crippen LogP contribution in [0.1, 0.15) is 36.0 Å². The molecule has 0 aliphatic heterocycles. The highest BCUT2D eigenvalue weighted by Gasteiger charge is 2.24. The largest absolute Gasteiger partial charge is 0.393 e. The molecular formula is C14H16I3NO2. The Bertz CT molecular complexity index is 507. The van der Waals surface area contributed by atoms with Crippen molar-refractivity contribution in [3.8, 4) is 0 Å². The van der Waals surface area contributed by atoms with Gasteiger partial charge in [0.15, 0.2) is 0 Å². The third-order valence-electron chi connectivity index (χ3n) is 3.63. The van der Waals surface area contributed by atoms with E-state index in [1.54, 1.807) is 0 Å². The van der Waals surface area contributed by atoms with Crippen LogP contribution in [0.5, 0.6) is 0 Å². The van der Waals surface area contributed by atoms with Crippen molar-refractivity contribution in [3.05, 3.63) is 28.4 Å². The van der Waals surface area contributed by atoms with Gasteiger partial charge in [-0.15, -0.1) is 0 Å². The molecule has 2 unspecified atom stereocenters. The lowest BCUT2D eigenvalue weighted by atomic mass is 9.86. The summed E-state index contributed by atoms with van der Waals surface area (Å²) in [5.74, 6) is 0.163. The lowest BCUT2D eigenvalue weighted by molar-refractivity contribution is 0.0662. The van der Waals surface area contributed by atoms with E-state index in [0.29, 0.717) is 6.54 Å². The van der Waals surface area contributed by atoms with Gasteiger partial charge < -0.3 is 10.4 Å². The zero-order chi connectivity index (χ0) is 14.7. The Kier molecular flexibility index (Phi) is 6.80. The highest BCUT2D eigenvalue weighted by molar-refractivity contribution is 14.1. The predicted octanol–water partition coefficient (Wildman–Crippen LogP) is 3.78. The van der Waals surface area contributed by atoms with Crippen LogP contribution in [0.2, 0.25) is 0 Å². The molecule has 1 aromatic rings. The number of nitrogens with one attached hydrogen (secondary N) is 1. The standard InChI is InChI=1S/C14H16I3NO2/c15-9-5-10(13(17)11(16)6-9)14(20)18-7-8-3-1-2-4-12(8)19/h5-6,8,12,19H,1-4,7H2,(H,18,20). The predicted molar refractivity (Wildman–Crippen MR) is 105 cm³/mol. The SMILES string of the molecule is O=C(NCC1CCCCC1O)c1cc(I)cc(I)c1I. The van der Waals surface area contributed by atoms with Gasteiger partial charge in [0.25, 0.3) is 5.91 Å². The van der Waals surface area contributed by atoms with Crippen LogP contribution in [-0.4, -0.2) is 23.7 Å². The Balaban J connectivity index is 2.01. The van der Waals surface area contributed by atoms with E-state index in [9.17, 15) is 9.90 Å². The first kappa shape index (κ1) is 17.2. The van der Waals surface area contributed by atoms with Crippen molar-refractivity contribution >= 4 is 73.7 Å². The molecule has 2 atom stereocenters. The molecule has 0 radical (unpaired) electrons. The van der Waals surface area contributed by atoms with Crippen LogP contribution in [-0.2, 0) is 0 Å². The summed E-state index contributed by atoms with van der Waals surface area (Å²) in [6, 6.07) is 3.97. The van der Waals surface area contributed by atoms with Crippen molar-refractivity contribution in [1.29, 1.82) is 0 Å². The summed E-state index contributed by atoms with van der Waals surface area (Å²) in [5, 5.41) is 12.9. The molecule has 1 amide bonds. The van der Waals surface area contributed by atoms with Crippen molar-refractivity contribution < 1.29 is 9.90 Å². The van der Waals surface area contributed by atoms with Crippen LogP contribution < -0.4 is 5.32 Å². The van der Waals surface area contributed by atoms with E-state index in [1.165, 1.54) is 0 Å². The minimum atomic E-state index is -0.265. The number of aliphatic hydroxyl groups is 1. The topological polar surface area (TPSA) is 49.3 Å². The molecule has 110 valence electrons. The summed E-state index contributed by atoms with van der Waals surface area (Å²) >= 11 is 6.69. The quantitative estimate of drug-likeness (QED) is 0.405. The fourth-order valence-electron chi connectivity index (χ4n) is 2.47. The molecule has 1 aliphatic carbocycles. The number of halogens is 3. The van der Waals surface area contributed by atoms with Crippen LogP contribution in [0.4, 0.5) is 0 Å². The van der Waals surface area contributed by atoms with E-state index >= 15 is 0 Å². The van der Waals surface area contributed by atoms with Gasteiger partial charge in [0.1, 0.15) is 0 Å². The Labute approximate surface area is 160 Å². The van der Waals surface area contributed by atoms with Gasteiger partial charge in [0.2, 0.25) is 0 Å². The number of carbonyl (C=O) groups is 1. The summed E-state index contributed by atoms with van der Waals surface area (Å²) in [4.78, 5) is 12.3. The van der Waals surface area contributed by atoms with Crippen LogP contribution in [0, 0.1) is 16.6 Å². The number of aliphatic hydroxyl groups excluding tert-OH is 1. The summed E-state index contributed by atoms with van der Waals surface area (Å²) in [7, 11) is 0. The Morgan fingerprint density at radius 2 is 1.95 bits per heavy atom. The van der Waals surface area contributed by atoms with E-state index in [-0.39, 0.29) is 17.9 Å². The molecule has 0 spiro atoms. The molecule has 1 aromatic carbocycles. The maximum absolute atomic E-state index is 12.3. The average Bonchev–Trinajstić information content (AvgIpc) is 2.41. The zero-order valence-corrected chi connectivity index (χ0v) is 17.3. The molecule has 1 aliphatic rings. The van der Waals surface area contributed by atoms with Crippen LogP contribution in [0.25, 0.3) is 0 Å². The van der Waals surface area contributed by atoms with E-state index in [1.807, 2.05) is 6.07 Å². The van der Waals surface area contributed by atoms with Gasteiger partial charge in [-0.05, 0) is 92.7 Å². The molecule has 2 N–H and O–H groups in total. The number of carbonyl (C=O) groups excluding carboxylic acids is 1. The Morgan fingerprint density at radius 3 is 2.65 bits per heavy atom. The van der Waals surface area contributed by atoms with E-state index in [4.69, 9.17) is 0 Å². The number of hydrogen-bond acceptors (Lipinski definition) is 2. The fraction of sp³-hybridized carbons (Fsp3) is 0.500. The summed E-state index contributed by atoms with van der Waals surface area (Å²) in [5.41, 5.74) is 0.729.